The van der Waals surface area contributed by atoms with Crippen molar-refractivity contribution in [3.63, 3.8) is 0 Å². The van der Waals surface area contributed by atoms with Crippen LogP contribution in [0.5, 0.6) is 5.75 Å². The number of carbonyl (C=O) groups excluding carboxylic acids is 1. The first-order valence-corrected chi connectivity index (χ1v) is 8.22. The third-order valence-corrected chi connectivity index (χ3v) is 4.21. The second-order valence-corrected chi connectivity index (χ2v) is 5.96. The van der Waals surface area contributed by atoms with E-state index < -0.39 is 6.61 Å². The van der Waals surface area contributed by atoms with Crippen molar-refractivity contribution >= 4 is 5.91 Å². The molecule has 0 aliphatic carbocycles. The maximum absolute atomic E-state index is 12.6. The van der Waals surface area contributed by atoms with Crippen LogP contribution < -0.4 is 4.74 Å². The fourth-order valence-electron chi connectivity index (χ4n) is 2.94. The first-order valence-electron chi connectivity index (χ1n) is 8.22. The lowest BCUT2D eigenvalue weighted by Crippen LogP contribution is -2.48. The van der Waals surface area contributed by atoms with Gasteiger partial charge in [-0.25, -0.2) is 0 Å². The van der Waals surface area contributed by atoms with Crippen LogP contribution >= 0.6 is 0 Å². The summed E-state index contributed by atoms with van der Waals surface area (Å²) in [5.41, 5.74) is 1.62. The molecule has 2 aromatic rings. The number of carbonyl (C=O) groups is 1. The fourth-order valence-corrected chi connectivity index (χ4v) is 2.94. The first kappa shape index (κ1) is 17.4. The molecule has 4 nitrogen and oxygen atoms in total. The van der Waals surface area contributed by atoms with E-state index in [2.05, 4.69) is 21.8 Å². The summed E-state index contributed by atoms with van der Waals surface area (Å²) in [6.45, 7) is 0.770. The van der Waals surface area contributed by atoms with Gasteiger partial charge in [0.2, 0.25) is 0 Å². The van der Waals surface area contributed by atoms with E-state index in [0.29, 0.717) is 18.7 Å². The monoisotopic (exact) mass is 346 g/mol. The summed E-state index contributed by atoms with van der Waals surface area (Å²) in [6, 6.07) is 16.2. The fraction of sp³-hybridized carbons (Fsp3) is 0.316. The standard InChI is InChI=1S/C19H20F2N2O2/c20-19(21)25-17-8-4-7-16(13-17)18(24)23-11-9-22(10-12-23)14-15-5-2-1-3-6-15/h1-8,13,19H,9-12,14H2. The van der Waals surface area contributed by atoms with Crippen LogP contribution in [0.15, 0.2) is 54.6 Å². The molecule has 6 heteroatoms. The molecule has 0 bridgehead atoms. The molecule has 1 aliphatic rings. The summed E-state index contributed by atoms with van der Waals surface area (Å²) in [4.78, 5) is 16.6. The zero-order valence-electron chi connectivity index (χ0n) is 13.8. The molecule has 0 unspecified atom stereocenters. The van der Waals surface area contributed by atoms with E-state index in [4.69, 9.17) is 0 Å². The summed E-state index contributed by atoms with van der Waals surface area (Å²) in [6.07, 6.45) is 0. The largest absolute Gasteiger partial charge is 0.435 e. The molecular formula is C19H20F2N2O2. The average molecular weight is 346 g/mol. The Balaban J connectivity index is 1.56. The third kappa shape index (κ3) is 4.76. The van der Waals surface area contributed by atoms with Gasteiger partial charge in [-0.3, -0.25) is 9.69 Å². The summed E-state index contributed by atoms with van der Waals surface area (Å²) >= 11 is 0. The Kier molecular flexibility index (Phi) is 5.60. The van der Waals surface area contributed by atoms with Crippen LogP contribution in [0.2, 0.25) is 0 Å². The average Bonchev–Trinajstić information content (AvgIpc) is 2.62. The minimum atomic E-state index is -2.90. The van der Waals surface area contributed by atoms with Gasteiger partial charge in [-0.15, -0.1) is 0 Å². The molecule has 2 aromatic carbocycles. The predicted molar refractivity (Wildman–Crippen MR) is 90.7 cm³/mol. The van der Waals surface area contributed by atoms with Gasteiger partial charge >= 0.3 is 6.61 Å². The summed E-state index contributed by atoms with van der Waals surface area (Å²) in [7, 11) is 0. The molecule has 0 aromatic heterocycles. The minimum absolute atomic E-state index is 0.00330. The number of alkyl halides is 2. The van der Waals surface area contributed by atoms with Gasteiger partial charge in [0.05, 0.1) is 0 Å². The number of rotatable bonds is 5. The second-order valence-electron chi connectivity index (χ2n) is 5.96. The summed E-state index contributed by atoms with van der Waals surface area (Å²) in [5.74, 6) is -0.150. The number of benzene rings is 2. The normalized spacial score (nSPS) is 15.4. The smallest absolute Gasteiger partial charge is 0.387 e. The van der Waals surface area contributed by atoms with Gasteiger partial charge in [0.25, 0.3) is 5.91 Å². The van der Waals surface area contributed by atoms with Crippen molar-refractivity contribution in [2.24, 2.45) is 0 Å². The maximum atomic E-state index is 12.6. The number of amides is 1. The molecule has 25 heavy (non-hydrogen) atoms. The maximum Gasteiger partial charge on any atom is 0.387 e. The Labute approximate surface area is 145 Å². The van der Waals surface area contributed by atoms with Crippen LogP contribution in [0.4, 0.5) is 8.78 Å². The van der Waals surface area contributed by atoms with Gasteiger partial charge < -0.3 is 9.64 Å². The van der Waals surface area contributed by atoms with Gasteiger partial charge in [-0.1, -0.05) is 36.4 Å². The highest BCUT2D eigenvalue weighted by atomic mass is 19.3. The zero-order valence-corrected chi connectivity index (χ0v) is 13.8. The zero-order chi connectivity index (χ0) is 17.6. The van der Waals surface area contributed by atoms with E-state index >= 15 is 0 Å². The van der Waals surface area contributed by atoms with E-state index in [1.165, 1.54) is 17.7 Å². The molecule has 3 rings (SSSR count). The Morgan fingerprint density at radius 3 is 2.40 bits per heavy atom. The van der Waals surface area contributed by atoms with Crippen molar-refractivity contribution in [2.45, 2.75) is 13.2 Å². The van der Waals surface area contributed by atoms with Gasteiger partial charge in [-0.05, 0) is 23.8 Å². The number of hydrogen-bond acceptors (Lipinski definition) is 3. The molecule has 0 spiro atoms. The van der Waals surface area contributed by atoms with Crippen LogP contribution in [0.3, 0.4) is 0 Å². The van der Waals surface area contributed by atoms with Crippen LogP contribution in [0, 0.1) is 0 Å². The molecule has 1 saturated heterocycles. The molecule has 1 aliphatic heterocycles. The SMILES string of the molecule is O=C(c1cccc(OC(F)F)c1)N1CCN(Cc2ccccc2)CC1. The number of piperazine rings is 1. The molecule has 0 radical (unpaired) electrons. The van der Waals surface area contributed by atoms with Crippen LogP contribution in [-0.2, 0) is 6.54 Å². The van der Waals surface area contributed by atoms with Gasteiger partial charge in [0.1, 0.15) is 5.75 Å². The lowest BCUT2D eigenvalue weighted by Gasteiger charge is -2.34. The highest BCUT2D eigenvalue weighted by Gasteiger charge is 2.22. The number of nitrogens with zero attached hydrogens (tertiary/aromatic N) is 2. The van der Waals surface area contributed by atoms with Crippen LogP contribution in [0.25, 0.3) is 0 Å². The lowest BCUT2D eigenvalue weighted by molar-refractivity contribution is -0.0499. The molecular weight excluding hydrogens is 326 g/mol. The number of halogens is 2. The summed E-state index contributed by atoms with van der Waals surface area (Å²) < 4.78 is 29.0. The van der Waals surface area contributed by atoms with E-state index in [0.717, 1.165) is 19.6 Å². The van der Waals surface area contributed by atoms with Crippen LogP contribution in [-0.4, -0.2) is 48.5 Å². The van der Waals surface area contributed by atoms with Crippen LogP contribution in [0.1, 0.15) is 15.9 Å². The van der Waals surface area contributed by atoms with Gasteiger partial charge in [0.15, 0.2) is 0 Å². The van der Waals surface area contributed by atoms with E-state index in [1.807, 2.05) is 18.2 Å². The minimum Gasteiger partial charge on any atom is -0.435 e. The van der Waals surface area contributed by atoms with Gasteiger partial charge in [-0.2, -0.15) is 8.78 Å². The van der Waals surface area contributed by atoms with Crippen molar-refractivity contribution < 1.29 is 18.3 Å². The Morgan fingerprint density at radius 2 is 1.72 bits per heavy atom. The highest BCUT2D eigenvalue weighted by Crippen LogP contribution is 2.18. The van der Waals surface area contributed by atoms with Gasteiger partial charge in [0, 0.05) is 38.3 Å². The second kappa shape index (κ2) is 8.07. The van der Waals surface area contributed by atoms with E-state index in [-0.39, 0.29) is 11.7 Å². The molecule has 0 saturated carbocycles. The first-order chi connectivity index (χ1) is 12.1. The third-order valence-electron chi connectivity index (χ3n) is 4.21. The molecule has 132 valence electrons. The Hall–Kier alpha value is -2.47. The van der Waals surface area contributed by atoms with Crippen molar-refractivity contribution in [2.75, 3.05) is 26.2 Å². The predicted octanol–water partition coefficient (Wildman–Crippen LogP) is 3.25. The lowest BCUT2D eigenvalue weighted by atomic mass is 10.1. The van der Waals surface area contributed by atoms with E-state index in [1.54, 1.807) is 17.0 Å². The molecule has 1 fully saturated rings. The number of ether oxygens (including phenoxy) is 1. The molecule has 1 heterocycles. The Bertz CT molecular complexity index is 702. The van der Waals surface area contributed by atoms with E-state index in [9.17, 15) is 13.6 Å². The quantitative estimate of drug-likeness (QED) is 0.833. The number of hydrogen-bond donors (Lipinski definition) is 0. The van der Waals surface area contributed by atoms with Crippen molar-refractivity contribution in [1.29, 1.82) is 0 Å². The van der Waals surface area contributed by atoms with Crippen molar-refractivity contribution in [3.8, 4) is 5.75 Å². The van der Waals surface area contributed by atoms with Crippen molar-refractivity contribution in [3.05, 3.63) is 65.7 Å². The molecule has 1 amide bonds. The molecule has 0 N–H and O–H groups in total. The summed E-state index contributed by atoms with van der Waals surface area (Å²) in [5, 5.41) is 0. The Morgan fingerprint density at radius 1 is 1.00 bits per heavy atom. The van der Waals surface area contributed by atoms with Crippen molar-refractivity contribution in [1.82, 2.24) is 9.80 Å². The highest BCUT2D eigenvalue weighted by molar-refractivity contribution is 5.94. The molecule has 0 atom stereocenters. The topological polar surface area (TPSA) is 32.8 Å².